The van der Waals surface area contributed by atoms with Gasteiger partial charge in [-0.2, -0.15) is 0 Å². The average molecular weight is 249 g/mol. The molecule has 0 aliphatic carbocycles. The van der Waals surface area contributed by atoms with Crippen molar-refractivity contribution in [3.05, 3.63) is 29.6 Å². The van der Waals surface area contributed by atoms with Gasteiger partial charge >= 0.3 is 5.97 Å². The number of benzene rings is 1. The highest BCUT2D eigenvalue weighted by atomic mass is 32.1. The Morgan fingerprint density at radius 2 is 2.06 bits per heavy atom. The van der Waals surface area contributed by atoms with Gasteiger partial charge in [-0.05, 0) is 6.07 Å². The van der Waals surface area contributed by atoms with Crippen LogP contribution in [0.25, 0.3) is 10.1 Å². The zero-order valence-electron chi connectivity index (χ0n) is 9.21. The quantitative estimate of drug-likeness (QED) is 0.908. The molecule has 0 radical (unpaired) electrons. The predicted molar refractivity (Wildman–Crippen MR) is 67.5 cm³/mol. The number of amides is 1. The van der Waals surface area contributed by atoms with Crippen molar-refractivity contribution in [1.29, 1.82) is 0 Å². The van der Waals surface area contributed by atoms with E-state index in [1.165, 1.54) is 23.2 Å². The Morgan fingerprint density at radius 3 is 2.71 bits per heavy atom. The van der Waals surface area contributed by atoms with Crippen molar-refractivity contribution >= 4 is 39.0 Å². The van der Waals surface area contributed by atoms with Crippen LogP contribution in [0.1, 0.15) is 6.92 Å². The Morgan fingerprint density at radius 1 is 1.35 bits per heavy atom. The number of carboxylic acid groups (broad SMARTS) is 1. The normalized spacial score (nSPS) is 10.4. The third-order valence-corrected chi connectivity index (χ3v) is 3.38. The largest absolute Gasteiger partial charge is 0.480 e. The number of carbonyl (C=O) groups is 2. The van der Waals surface area contributed by atoms with E-state index in [4.69, 9.17) is 5.11 Å². The number of hydrogen-bond donors (Lipinski definition) is 1. The fraction of sp³-hybridized carbons (Fsp3) is 0.167. The highest BCUT2D eigenvalue weighted by molar-refractivity contribution is 7.17. The molecule has 2 rings (SSSR count). The van der Waals surface area contributed by atoms with E-state index in [0.29, 0.717) is 5.69 Å². The maximum atomic E-state index is 11.5. The Kier molecular flexibility index (Phi) is 3.10. The van der Waals surface area contributed by atoms with Gasteiger partial charge in [0.25, 0.3) is 0 Å². The molecule has 0 saturated heterocycles. The number of fused-ring (bicyclic) bond motifs is 1. The van der Waals surface area contributed by atoms with Gasteiger partial charge in [-0.1, -0.05) is 18.2 Å². The molecule has 1 N–H and O–H groups in total. The van der Waals surface area contributed by atoms with Crippen molar-refractivity contribution in [2.24, 2.45) is 0 Å². The molecule has 0 spiro atoms. The fourth-order valence-corrected chi connectivity index (χ4v) is 2.62. The first kappa shape index (κ1) is 11.6. The van der Waals surface area contributed by atoms with Gasteiger partial charge in [0, 0.05) is 22.4 Å². The summed E-state index contributed by atoms with van der Waals surface area (Å²) in [4.78, 5) is 23.5. The van der Waals surface area contributed by atoms with Gasteiger partial charge in [0.1, 0.15) is 6.54 Å². The number of aliphatic carboxylic acids is 1. The lowest BCUT2D eigenvalue weighted by Crippen LogP contribution is -2.33. The molecule has 0 fully saturated rings. The molecule has 0 saturated carbocycles. The smallest absolute Gasteiger partial charge is 0.323 e. The summed E-state index contributed by atoms with van der Waals surface area (Å²) in [6.45, 7) is 1.06. The van der Waals surface area contributed by atoms with Crippen LogP contribution in [0.3, 0.4) is 0 Å². The number of thiophene rings is 1. The summed E-state index contributed by atoms with van der Waals surface area (Å²) in [5, 5.41) is 11.5. The Labute approximate surface area is 102 Å². The molecule has 1 aromatic carbocycles. The van der Waals surface area contributed by atoms with Crippen LogP contribution in [-0.4, -0.2) is 23.5 Å². The summed E-state index contributed by atoms with van der Waals surface area (Å²) in [5.74, 6) is -1.29. The van der Waals surface area contributed by atoms with Crippen LogP contribution < -0.4 is 4.90 Å². The van der Waals surface area contributed by atoms with Crippen molar-refractivity contribution < 1.29 is 14.7 Å². The molecule has 17 heavy (non-hydrogen) atoms. The number of anilines is 1. The standard InChI is InChI=1S/C12H11NO3S/c1-8(14)13(6-12(15)16)10-7-17-11-5-3-2-4-9(10)11/h2-5,7H,6H2,1H3,(H,15,16). The van der Waals surface area contributed by atoms with E-state index in [1.807, 2.05) is 29.6 Å². The highest BCUT2D eigenvalue weighted by Crippen LogP contribution is 2.32. The second kappa shape index (κ2) is 4.55. The van der Waals surface area contributed by atoms with Crippen LogP contribution in [0.5, 0.6) is 0 Å². The predicted octanol–water partition coefficient (Wildman–Crippen LogP) is 2.34. The van der Waals surface area contributed by atoms with Crippen molar-refractivity contribution in [3.63, 3.8) is 0 Å². The zero-order chi connectivity index (χ0) is 12.4. The first-order valence-electron chi connectivity index (χ1n) is 5.05. The van der Waals surface area contributed by atoms with Gasteiger partial charge in [0.15, 0.2) is 0 Å². The molecule has 5 heteroatoms. The van der Waals surface area contributed by atoms with Crippen molar-refractivity contribution in [1.82, 2.24) is 0 Å². The lowest BCUT2D eigenvalue weighted by molar-refractivity contribution is -0.136. The molecule has 2 aromatic rings. The number of nitrogens with zero attached hydrogens (tertiary/aromatic N) is 1. The summed E-state index contributed by atoms with van der Waals surface area (Å²) < 4.78 is 1.04. The number of carboxylic acids is 1. The van der Waals surface area contributed by atoms with E-state index in [0.717, 1.165) is 10.1 Å². The van der Waals surface area contributed by atoms with Gasteiger partial charge in [0.2, 0.25) is 5.91 Å². The molecule has 0 unspecified atom stereocenters. The molecule has 1 heterocycles. The molecule has 0 bridgehead atoms. The molecule has 88 valence electrons. The summed E-state index contributed by atoms with van der Waals surface area (Å²) in [7, 11) is 0. The Hall–Kier alpha value is -1.88. The number of rotatable bonds is 3. The highest BCUT2D eigenvalue weighted by Gasteiger charge is 2.18. The minimum Gasteiger partial charge on any atom is -0.480 e. The number of hydrogen-bond acceptors (Lipinski definition) is 3. The SMILES string of the molecule is CC(=O)N(CC(=O)O)c1csc2ccccc12. The van der Waals surface area contributed by atoms with Crippen LogP contribution in [0, 0.1) is 0 Å². The monoisotopic (exact) mass is 249 g/mol. The molecule has 1 amide bonds. The fourth-order valence-electron chi connectivity index (χ4n) is 1.67. The van der Waals surface area contributed by atoms with Gasteiger partial charge in [-0.3, -0.25) is 14.5 Å². The maximum absolute atomic E-state index is 11.5. The average Bonchev–Trinajstić information content (AvgIpc) is 2.69. The number of carbonyl (C=O) groups excluding carboxylic acids is 1. The van der Waals surface area contributed by atoms with E-state index < -0.39 is 5.97 Å². The van der Waals surface area contributed by atoms with Crippen LogP contribution in [0.15, 0.2) is 29.6 Å². The maximum Gasteiger partial charge on any atom is 0.323 e. The minimum atomic E-state index is -1.02. The van der Waals surface area contributed by atoms with Crippen molar-refractivity contribution in [3.8, 4) is 0 Å². The first-order valence-corrected chi connectivity index (χ1v) is 5.93. The van der Waals surface area contributed by atoms with Crippen LogP contribution in [0.4, 0.5) is 5.69 Å². The van der Waals surface area contributed by atoms with E-state index in [1.54, 1.807) is 0 Å². The minimum absolute atomic E-state index is 0.268. The first-order chi connectivity index (χ1) is 8.09. The Balaban J connectivity index is 2.48. The molecule has 0 atom stereocenters. The third kappa shape index (κ3) is 2.29. The Bertz CT molecular complexity index is 576. The second-order valence-electron chi connectivity index (χ2n) is 3.62. The van der Waals surface area contributed by atoms with Crippen molar-refractivity contribution in [2.45, 2.75) is 6.92 Å². The lowest BCUT2D eigenvalue weighted by Gasteiger charge is -2.17. The molecular weight excluding hydrogens is 238 g/mol. The summed E-state index contributed by atoms with van der Waals surface area (Å²) in [5.41, 5.74) is 0.667. The summed E-state index contributed by atoms with van der Waals surface area (Å²) in [6.07, 6.45) is 0. The third-order valence-electron chi connectivity index (χ3n) is 2.42. The summed E-state index contributed by atoms with van der Waals surface area (Å²) >= 11 is 1.50. The topological polar surface area (TPSA) is 57.6 Å². The van der Waals surface area contributed by atoms with E-state index in [-0.39, 0.29) is 12.5 Å². The molecule has 0 aliphatic rings. The molecule has 4 nitrogen and oxygen atoms in total. The molecule has 0 aliphatic heterocycles. The summed E-state index contributed by atoms with van der Waals surface area (Å²) in [6, 6.07) is 7.62. The zero-order valence-corrected chi connectivity index (χ0v) is 10.0. The van der Waals surface area contributed by atoms with Crippen LogP contribution >= 0.6 is 11.3 Å². The van der Waals surface area contributed by atoms with Crippen molar-refractivity contribution in [2.75, 3.05) is 11.4 Å². The second-order valence-corrected chi connectivity index (χ2v) is 4.53. The molecule has 1 aromatic heterocycles. The van der Waals surface area contributed by atoms with Crippen LogP contribution in [-0.2, 0) is 9.59 Å². The van der Waals surface area contributed by atoms with Crippen LogP contribution in [0.2, 0.25) is 0 Å². The lowest BCUT2D eigenvalue weighted by atomic mass is 10.2. The van der Waals surface area contributed by atoms with Gasteiger partial charge in [-0.25, -0.2) is 0 Å². The van der Waals surface area contributed by atoms with Gasteiger partial charge in [0.05, 0.1) is 5.69 Å². The van der Waals surface area contributed by atoms with E-state index >= 15 is 0 Å². The van der Waals surface area contributed by atoms with E-state index in [2.05, 4.69) is 0 Å². The van der Waals surface area contributed by atoms with Gasteiger partial charge in [-0.15, -0.1) is 11.3 Å². The van der Waals surface area contributed by atoms with E-state index in [9.17, 15) is 9.59 Å². The van der Waals surface area contributed by atoms with Gasteiger partial charge < -0.3 is 5.11 Å². The molecular formula is C12H11NO3S.